The molecule has 1 amide bonds. The Balaban J connectivity index is 1.30. The standard InChI is InChI=1S/C21H31N3O4S/c1-13-19(14(2)28-23-13)29(26,27)24-5-3-4-18(12-24)20(25)22-21-9-15-6-16(10-21)8-17(7-15)11-21/h15-18H,3-12H2,1-2H3,(H,22,25). The SMILES string of the molecule is Cc1noc(C)c1S(=O)(=O)N1CCCC(C(=O)NC23CC4CC(CC(C4)C2)C3)C1. The van der Waals surface area contributed by atoms with E-state index in [4.69, 9.17) is 4.52 Å². The summed E-state index contributed by atoms with van der Waals surface area (Å²) >= 11 is 0. The van der Waals surface area contributed by atoms with Crippen molar-refractivity contribution >= 4 is 15.9 Å². The Morgan fingerprint density at radius 2 is 1.76 bits per heavy atom. The van der Waals surface area contributed by atoms with E-state index >= 15 is 0 Å². The molecule has 1 aromatic rings. The summed E-state index contributed by atoms with van der Waals surface area (Å²) < 4.78 is 32.8. The van der Waals surface area contributed by atoms with Crippen molar-refractivity contribution in [2.45, 2.75) is 75.6 Å². The Labute approximate surface area is 172 Å². The molecular weight excluding hydrogens is 390 g/mol. The maximum atomic E-state index is 13.2. The lowest BCUT2D eigenvalue weighted by atomic mass is 9.53. The predicted molar refractivity (Wildman–Crippen MR) is 107 cm³/mol. The number of amides is 1. The predicted octanol–water partition coefficient (Wildman–Crippen LogP) is 2.78. The summed E-state index contributed by atoms with van der Waals surface area (Å²) in [7, 11) is -3.70. The number of nitrogens with one attached hydrogen (secondary N) is 1. The second kappa shape index (κ2) is 6.80. The third-order valence-corrected chi connectivity index (χ3v) is 9.86. The lowest BCUT2D eigenvalue weighted by Crippen LogP contribution is -2.61. The molecule has 4 aliphatic carbocycles. The summed E-state index contributed by atoms with van der Waals surface area (Å²) in [6.07, 6.45) is 8.77. The average Bonchev–Trinajstić information content (AvgIpc) is 2.99. The van der Waals surface area contributed by atoms with E-state index in [9.17, 15) is 13.2 Å². The maximum absolute atomic E-state index is 13.2. The lowest BCUT2D eigenvalue weighted by Gasteiger charge is -2.57. The van der Waals surface area contributed by atoms with Crippen LogP contribution in [0.3, 0.4) is 0 Å². The van der Waals surface area contributed by atoms with Crippen molar-refractivity contribution < 1.29 is 17.7 Å². The fourth-order valence-corrected chi connectivity index (χ4v) is 8.79. The van der Waals surface area contributed by atoms with E-state index in [-0.39, 0.29) is 28.8 Å². The van der Waals surface area contributed by atoms with Gasteiger partial charge in [0, 0.05) is 18.6 Å². The Hall–Kier alpha value is -1.41. The molecule has 1 N–H and O–H groups in total. The molecule has 2 heterocycles. The molecule has 1 aliphatic heterocycles. The minimum Gasteiger partial charge on any atom is -0.360 e. The molecule has 1 saturated heterocycles. The topological polar surface area (TPSA) is 92.5 Å². The van der Waals surface area contributed by atoms with Crippen molar-refractivity contribution in [3.05, 3.63) is 11.5 Å². The van der Waals surface area contributed by atoms with E-state index in [1.54, 1.807) is 13.8 Å². The zero-order valence-corrected chi connectivity index (χ0v) is 18.1. The van der Waals surface area contributed by atoms with Crippen LogP contribution in [-0.2, 0) is 14.8 Å². The van der Waals surface area contributed by atoms with Crippen LogP contribution in [0.15, 0.2) is 9.42 Å². The molecule has 7 nitrogen and oxygen atoms in total. The fraction of sp³-hybridized carbons (Fsp3) is 0.810. The van der Waals surface area contributed by atoms with Gasteiger partial charge in [-0.05, 0) is 83.0 Å². The first-order chi connectivity index (χ1) is 13.8. The van der Waals surface area contributed by atoms with Crippen LogP contribution in [0.25, 0.3) is 0 Å². The number of piperidine rings is 1. The highest BCUT2D eigenvalue weighted by atomic mass is 32.2. The highest BCUT2D eigenvalue weighted by molar-refractivity contribution is 7.89. The number of aryl methyl sites for hydroxylation is 2. The molecule has 1 aromatic heterocycles. The van der Waals surface area contributed by atoms with Crippen LogP contribution in [0.5, 0.6) is 0 Å². The quantitative estimate of drug-likeness (QED) is 0.807. The van der Waals surface area contributed by atoms with Crippen LogP contribution in [-0.4, -0.2) is 42.4 Å². The molecule has 29 heavy (non-hydrogen) atoms. The summed E-state index contributed by atoms with van der Waals surface area (Å²) in [5.74, 6) is 2.37. The molecule has 0 radical (unpaired) electrons. The van der Waals surface area contributed by atoms with Gasteiger partial charge in [0.1, 0.15) is 10.6 Å². The second-order valence-corrected chi connectivity index (χ2v) is 11.9. The van der Waals surface area contributed by atoms with Gasteiger partial charge < -0.3 is 9.84 Å². The zero-order chi connectivity index (χ0) is 20.4. The minimum absolute atomic E-state index is 0.0331. The van der Waals surface area contributed by atoms with Crippen molar-refractivity contribution in [1.29, 1.82) is 0 Å². The molecule has 4 saturated carbocycles. The van der Waals surface area contributed by atoms with Crippen molar-refractivity contribution in [3.63, 3.8) is 0 Å². The molecule has 6 rings (SSSR count). The third-order valence-electron chi connectivity index (χ3n) is 7.75. The van der Waals surface area contributed by atoms with E-state index in [0.29, 0.717) is 24.4 Å². The normalized spacial score (nSPS) is 37.0. The number of hydrogen-bond donors (Lipinski definition) is 1. The Kier molecular flexibility index (Phi) is 4.59. The van der Waals surface area contributed by atoms with Gasteiger partial charge >= 0.3 is 0 Å². The number of hydrogen-bond acceptors (Lipinski definition) is 5. The van der Waals surface area contributed by atoms with Gasteiger partial charge in [-0.25, -0.2) is 8.42 Å². The summed E-state index contributed by atoms with van der Waals surface area (Å²) in [5.41, 5.74) is 0.344. The van der Waals surface area contributed by atoms with Crippen molar-refractivity contribution in [1.82, 2.24) is 14.8 Å². The number of aromatic nitrogens is 1. The first-order valence-electron chi connectivity index (χ1n) is 11.0. The minimum atomic E-state index is -3.70. The Morgan fingerprint density at radius 1 is 1.14 bits per heavy atom. The van der Waals surface area contributed by atoms with E-state index in [0.717, 1.165) is 43.4 Å². The molecule has 160 valence electrons. The van der Waals surface area contributed by atoms with Gasteiger partial charge in [0.25, 0.3) is 0 Å². The first kappa shape index (κ1) is 19.5. The molecule has 4 bridgehead atoms. The summed E-state index contributed by atoms with van der Waals surface area (Å²) in [6, 6.07) is 0. The summed E-state index contributed by atoms with van der Waals surface area (Å²) in [4.78, 5) is 13.4. The van der Waals surface area contributed by atoms with E-state index in [1.165, 1.54) is 23.6 Å². The average molecular weight is 422 g/mol. The van der Waals surface area contributed by atoms with Gasteiger partial charge in [-0.15, -0.1) is 0 Å². The number of carbonyl (C=O) groups is 1. The molecule has 5 fully saturated rings. The number of rotatable bonds is 4. The molecule has 0 spiro atoms. The monoisotopic (exact) mass is 421 g/mol. The maximum Gasteiger partial charge on any atom is 0.248 e. The molecular formula is C21H31N3O4S. The van der Waals surface area contributed by atoms with Gasteiger partial charge in [-0.2, -0.15) is 4.31 Å². The lowest BCUT2D eigenvalue weighted by molar-refractivity contribution is -0.131. The summed E-state index contributed by atoms with van der Waals surface area (Å²) in [6.45, 7) is 3.94. The van der Waals surface area contributed by atoms with Crippen LogP contribution in [0.4, 0.5) is 0 Å². The van der Waals surface area contributed by atoms with Crippen LogP contribution in [0, 0.1) is 37.5 Å². The van der Waals surface area contributed by atoms with Crippen LogP contribution < -0.4 is 5.32 Å². The Morgan fingerprint density at radius 3 is 2.31 bits per heavy atom. The van der Waals surface area contributed by atoms with Crippen molar-refractivity contribution in [3.8, 4) is 0 Å². The number of carbonyl (C=O) groups excluding carboxylic acids is 1. The van der Waals surface area contributed by atoms with Crippen LogP contribution >= 0.6 is 0 Å². The molecule has 5 aliphatic rings. The van der Waals surface area contributed by atoms with Gasteiger partial charge in [0.15, 0.2) is 5.76 Å². The number of nitrogens with zero attached hydrogens (tertiary/aromatic N) is 2. The van der Waals surface area contributed by atoms with E-state index in [1.807, 2.05) is 0 Å². The largest absolute Gasteiger partial charge is 0.360 e. The van der Waals surface area contributed by atoms with Gasteiger partial charge in [0.05, 0.1) is 5.92 Å². The van der Waals surface area contributed by atoms with Crippen molar-refractivity contribution in [2.75, 3.05) is 13.1 Å². The van der Waals surface area contributed by atoms with Gasteiger partial charge in [0.2, 0.25) is 15.9 Å². The highest BCUT2D eigenvalue weighted by Crippen LogP contribution is 2.55. The Bertz CT molecular complexity index is 868. The molecule has 1 unspecified atom stereocenters. The number of sulfonamides is 1. The molecule has 0 aromatic carbocycles. The van der Waals surface area contributed by atoms with E-state index in [2.05, 4.69) is 10.5 Å². The summed E-state index contributed by atoms with van der Waals surface area (Å²) in [5, 5.41) is 7.23. The zero-order valence-electron chi connectivity index (χ0n) is 17.3. The van der Waals surface area contributed by atoms with Gasteiger partial charge in [-0.3, -0.25) is 4.79 Å². The fourth-order valence-electron chi connectivity index (χ4n) is 6.97. The van der Waals surface area contributed by atoms with Crippen LogP contribution in [0.1, 0.15) is 62.8 Å². The van der Waals surface area contributed by atoms with Crippen LogP contribution in [0.2, 0.25) is 0 Å². The second-order valence-electron chi connectivity index (χ2n) is 10.0. The third kappa shape index (κ3) is 3.32. The van der Waals surface area contributed by atoms with Gasteiger partial charge in [-0.1, -0.05) is 5.16 Å². The van der Waals surface area contributed by atoms with E-state index < -0.39 is 10.0 Å². The molecule has 8 heteroatoms. The first-order valence-corrected chi connectivity index (χ1v) is 12.4. The highest BCUT2D eigenvalue weighted by Gasteiger charge is 2.52. The smallest absolute Gasteiger partial charge is 0.248 e. The molecule has 1 atom stereocenters. The van der Waals surface area contributed by atoms with Crippen molar-refractivity contribution in [2.24, 2.45) is 23.7 Å².